The van der Waals surface area contributed by atoms with E-state index in [4.69, 9.17) is 21.1 Å². The summed E-state index contributed by atoms with van der Waals surface area (Å²) in [4.78, 5) is 39.2. The number of aryl methyl sites for hydroxylation is 1. The molecule has 1 aliphatic rings. The molecule has 188 valence electrons. The first-order chi connectivity index (χ1) is 17.3. The van der Waals surface area contributed by atoms with Crippen molar-refractivity contribution in [3.8, 4) is 17.4 Å². The molecular formula is C24H22ClF2N5O4. The minimum atomic E-state index is -1.83. The van der Waals surface area contributed by atoms with Crippen LogP contribution in [0.2, 0.25) is 5.02 Å². The molecule has 1 aliphatic heterocycles. The maximum absolute atomic E-state index is 13.4. The van der Waals surface area contributed by atoms with Gasteiger partial charge in [-0.05, 0) is 31.5 Å². The minimum absolute atomic E-state index is 0.0168. The lowest BCUT2D eigenvalue weighted by molar-refractivity contribution is 0.0651. The predicted molar refractivity (Wildman–Crippen MR) is 127 cm³/mol. The molecule has 0 radical (unpaired) electrons. The summed E-state index contributed by atoms with van der Waals surface area (Å²) in [5.41, 5.74) is 1.08. The highest BCUT2D eigenvalue weighted by Crippen LogP contribution is 2.32. The number of rotatable bonds is 9. The van der Waals surface area contributed by atoms with Crippen molar-refractivity contribution in [3.05, 3.63) is 64.7 Å². The first-order valence-electron chi connectivity index (χ1n) is 11.0. The summed E-state index contributed by atoms with van der Waals surface area (Å²) >= 11 is 6.30. The molecule has 1 saturated heterocycles. The molecule has 1 unspecified atom stereocenters. The fourth-order valence-corrected chi connectivity index (χ4v) is 3.36. The van der Waals surface area contributed by atoms with Crippen LogP contribution in [0.25, 0.3) is 0 Å². The highest BCUT2D eigenvalue weighted by Gasteiger charge is 2.23. The highest BCUT2D eigenvalue weighted by molar-refractivity contribution is 6.32. The first-order valence-corrected chi connectivity index (χ1v) is 11.4. The Hall–Kier alpha value is -3.86. The van der Waals surface area contributed by atoms with E-state index in [0.29, 0.717) is 24.3 Å². The number of nitrogens with one attached hydrogen (secondary N) is 1. The van der Waals surface area contributed by atoms with Gasteiger partial charge in [-0.25, -0.2) is 18.7 Å². The highest BCUT2D eigenvalue weighted by atomic mass is 35.5. The molecule has 3 heterocycles. The maximum atomic E-state index is 13.4. The summed E-state index contributed by atoms with van der Waals surface area (Å²) in [6.07, 6.45) is 3.36. The van der Waals surface area contributed by atoms with E-state index >= 15 is 0 Å². The largest absolute Gasteiger partial charge is 0.490 e. The summed E-state index contributed by atoms with van der Waals surface area (Å²) in [7, 11) is 0. The average molecular weight is 518 g/mol. The Balaban J connectivity index is 1.57. The molecule has 1 aromatic carbocycles. The zero-order chi connectivity index (χ0) is 25.7. The smallest absolute Gasteiger partial charge is 0.257 e. The number of likely N-dealkylation sites (tertiary alicyclic amines) is 1. The molecule has 1 atom stereocenters. The first kappa shape index (κ1) is 25.2. The summed E-state index contributed by atoms with van der Waals surface area (Å²) in [5, 5.41) is 2.67. The van der Waals surface area contributed by atoms with Crippen molar-refractivity contribution < 1.29 is 27.8 Å². The fourth-order valence-electron chi connectivity index (χ4n) is 3.15. The van der Waals surface area contributed by atoms with Gasteiger partial charge in [0.2, 0.25) is 5.88 Å². The second-order valence-electron chi connectivity index (χ2n) is 8.01. The van der Waals surface area contributed by atoms with Crippen LogP contribution in [-0.2, 0) is 0 Å². The summed E-state index contributed by atoms with van der Waals surface area (Å²) in [6, 6.07) is 5.57. The number of hydrogen-bond acceptors (Lipinski definition) is 7. The van der Waals surface area contributed by atoms with Crippen molar-refractivity contribution in [2.24, 2.45) is 0 Å². The molecule has 36 heavy (non-hydrogen) atoms. The number of nitrogens with zero attached hydrogens (tertiary/aromatic N) is 4. The van der Waals surface area contributed by atoms with Crippen LogP contribution in [-0.4, -0.2) is 64.2 Å². The van der Waals surface area contributed by atoms with Crippen molar-refractivity contribution in [3.63, 3.8) is 0 Å². The molecule has 1 fully saturated rings. The van der Waals surface area contributed by atoms with Crippen molar-refractivity contribution in [1.29, 1.82) is 0 Å². The van der Waals surface area contributed by atoms with E-state index in [1.54, 1.807) is 11.8 Å². The molecule has 4 rings (SSSR count). The third kappa shape index (κ3) is 6.22. The zero-order valence-corrected chi connectivity index (χ0v) is 20.0. The third-order valence-corrected chi connectivity index (χ3v) is 5.45. The summed E-state index contributed by atoms with van der Waals surface area (Å²) in [6.45, 7) is 1.35. The van der Waals surface area contributed by atoms with Crippen molar-refractivity contribution in [2.75, 3.05) is 31.7 Å². The number of alkyl halides is 2. The zero-order valence-electron chi connectivity index (χ0n) is 19.2. The topological polar surface area (TPSA) is 107 Å². The Morgan fingerprint density at radius 3 is 2.50 bits per heavy atom. The van der Waals surface area contributed by atoms with Crippen molar-refractivity contribution >= 4 is 29.2 Å². The van der Waals surface area contributed by atoms with Crippen LogP contribution in [0.5, 0.6) is 17.4 Å². The molecule has 0 bridgehead atoms. The minimum Gasteiger partial charge on any atom is -0.490 e. The Bertz CT molecular complexity index is 1260. The van der Waals surface area contributed by atoms with Gasteiger partial charge in [0, 0.05) is 30.9 Å². The van der Waals surface area contributed by atoms with Gasteiger partial charge >= 0.3 is 0 Å². The van der Waals surface area contributed by atoms with Gasteiger partial charge in [-0.2, -0.15) is 0 Å². The van der Waals surface area contributed by atoms with Gasteiger partial charge in [0.05, 0.1) is 23.7 Å². The molecule has 1 N–H and O–H groups in total. The van der Waals surface area contributed by atoms with Gasteiger partial charge in [0.25, 0.3) is 11.8 Å². The molecular weight excluding hydrogens is 496 g/mol. The second-order valence-corrected chi connectivity index (χ2v) is 8.42. The van der Waals surface area contributed by atoms with Gasteiger partial charge in [-0.1, -0.05) is 11.6 Å². The molecule has 0 spiro atoms. The Morgan fingerprint density at radius 1 is 1.08 bits per heavy atom. The maximum Gasteiger partial charge on any atom is 0.257 e. The Kier molecular flexibility index (Phi) is 7.89. The number of aromatic nitrogens is 3. The van der Waals surface area contributed by atoms with Gasteiger partial charge in [-0.15, -0.1) is 0 Å². The molecule has 2 amide bonds. The van der Waals surface area contributed by atoms with Gasteiger partial charge in [-0.3, -0.25) is 14.6 Å². The molecule has 0 aliphatic carbocycles. The summed E-state index contributed by atoms with van der Waals surface area (Å²) < 4.78 is 37.0. The number of hydrogen-bond donors (Lipinski definition) is 1. The number of halogens is 3. The van der Waals surface area contributed by atoms with Crippen LogP contribution in [0.3, 0.4) is 0 Å². The van der Waals surface area contributed by atoms with Gasteiger partial charge < -0.3 is 19.7 Å². The van der Waals surface area contributed by atoms with E-state index in [2.05, 4.69) is 20.3 Å². The van der Waals surface area contributed by atoms with E-state index in [9.17, 15) is 18.4 Å². The molecule has 0 saturated carbocycles. The summed E-state index contributed by atoms with van der Waals surface area (Å²) in [5.74, 6) is -0.390. The average Bonchev–Trinajstić information content (AvgIpc) is 2.84. The van der Waals surface area contributed by atoms with E-state index in [1.165, 1.54) is 42.9 Å². The third-order valence-electron chi connectivity index (χ3n) is 5.18. The number of benzene rings is 1. The van der Waals surface area contributed by atoms with E-state index < -0.39 is 25.4 Å². The predicted octanol–water partition coefficient (Wildman–Crippen LogP) is 4.41. The number of carbonyl (C=O) groups is 2. The fraction of sp³-hybridized carbons (Fsp3) is 0.292. The quantitative estimate of drug-likeness (QED) is 0.448. The van der Waals surface area contributed by atoms with Crippen LogP contribution in [0.4, 0.5) is 14.6 Å². The SMILES string of the molecule is Cc1cnc(NC(=O)c2cc(OCC(F)CF)cc(Oc3ncc(C(=O)N4CCC4)cc3Cl)c2)cn1. The van der Waals surface area contributed by atoms with Gasteiger partial charge in [0.15, 0.2) is 12.0 Å². The second kappa shape index (κ2) is 11.3. The van der Waals surface area contributed by atoms with E-state index in [1.807, 2.05) is 0 Å². The normalized spacial score (nSPS) is 13.5. The van der Waals surface area contributed by atoms with Crippen LogP contribution >= 0.6 is 11.6 Å². The lowest BCUT2D eigenvalue weighted by Crippen LogP contribution is -2.42. The number of anilines is 1. The number of pyridine rings is 1. The van der Waals surface area contributed by atoms with Crippen molar-refractivity contribution in [1.82, 2.24) is 19.9 Å². The lowest BCUT2D eigenvalue weighted by Gasteiger charge is -2.30. The standard InChI is InChI=1S/C24H22ClF2N5O4/c1-14-10-29-21(12-28-14)31-22(33)15-5-18(35-13-17(27)9-26)8-19(6-15)36-23-20(25)7-16(11-30-23)24(34)32-3-2-4-32/h5-8,10-12,17H,2-4,9,13H2,1H3,(H,29,31,33). The molecule has 2 aromatic heterocycles. The molecule has 12 heteroatoms. The number of carbonyl (C=O) groups excluding carboxylic acids is 2. The van der Waals surface area contributed by atoms with Crippen LogP contribution in [0, 0.1) is 6.92 Å². The van der Waals surface area contributed by atoms with Crippen LogP contribution < -0.4 is 14.8 Å². The van der Waals surface area contributed by atoms with Crippen LogP contribution in [0.1, 0.15) is 32.8 Å². The monoisotopic (exact) mass is 517 g/mol. The number of amides is 2. The van der Waals surface area contributed by atoms with E-state index in [-0.39, 0.29) is 39.7 Å². The Labute approximate surface area is 210 Å². The van der Waals surface area contributed by atoms with E-state index in [0.717, 1.165) is 6.42 Å². The van der Waals surface area contributed by atoms with Crippen LogP contribution in [0.15, 0.2) is 42.9 Å². The molecule has 3 aromatic rings. The van der Waals surface area contributed by atoms with Crippen molar-refractivity contribution in [2.45, 2.75) is 19.5 Å². The van der Waals surface area contributed by atoms with Gasteiger partial charge in [0.1, 0.15) is 29.8 Å². The lowest BCUT2D eigenvalue weighted by atomic mass is 10.1. The number of ether oxygens (including phenoxy) is 2. The molecule has 9 nitrogen and oxygen atoms in total. The Morgan fingerprint density at radius 2 is 1.86 bits per heavy atom.